The summed E-state index contributed by atoms with van der Waals surface area (Å²) < 4.78 is 36.4. The van der Waals surface area contributed by atoms with Gasteiger partial charge in [-0.3, -0.25) is 0 Å². The van der Waals surface area contributed by atoms with Gasteiger partial charge < -0.3 is 17.8 Å². The van der Waals surface area contributed by atoms with Crippen molar-refractivity contribution in [3.63, 3.8) is 0 Å². The van der Waals surface area contributed by atoms with Crippen molar-refractivity contribution in [2.24, 2.45) is 5.92 Å². The zero-order chi connectivity index (χ0) is 9.90. The Morgan fingerprint density at radius 2 is 1.92 bits per heavy atom. The van der Waals surface area contributed by atoms with E-state index >= 15 is 0 Å². The van der Waals surface area contributed by atoms with E-state index in [4.69, 9.17) is 0 Å². The molecule has 0 bridgehead atoms. The van der Waals surface area contributed by atoms with Gasteiger partial charge in [0.2, 0.25) is 0 Å². The van der Waals surface area contributed by atoms with E-state index < -0.39 is 13.4 Å². The largest absolute Gasteiger partial charge is 0.492 e. The molecule has 0 aromatic rings. The van der Waals surface area contributed by atoms with Crippen molar-refractivity contribution in [2.45, 2.75) is 26.2 Å². The van der Waals surface area contributed by atoms with Crippen LogP contribution in [0.4, 0.5) is 12.9 Å². The quantitative estimate of drug-likeness (QED) is 0.587. The van der Waals surface area contributed by atoms with Crippen LogP contribution in [0.25, 0.3) is 0 Å². The van der Waals surface area contributed by atoms with Crippen molar-refractivity contribution in [1.82, 2.24) is 4.90 Å². The van der Waals surface area contributed by atoms with Crippen LogP contribution in [-0.4, -0.2) is 31.4 Å². The molecule has 0 spiro atoms. The monoisotopic (exact) mass is 194 g/mol. The van der Waals surface area contributed by atoms with Gasteiger partial charge in [0.05, 0.1) is 0 Å². The van der Waals surface area contributed by atoms with Gasteiger partial charge in [0.25, 0.3) is 0 Å². The first-order valence-electron chi connectivity index (χ1n) is 4.94. The van der Waals surface area contributed by atoms with Gasteiger partial charge in [0.1, 0.15) is 0 Å². The first-order chi connectivity index (χ1) is 6.01. The molecule has 0 aromatic carbocycles. The first-order valence-corrected chi connectivity index (χ1v) is 4.94. The van der Waals surface area contributed by atoms with Crippen LogP contribution in [-0.2, 0) is 0 Å². The van der Waals surface area contributed by atoms with Gasteiger partial charge in [0.15, 0.2) is 0 Å². The van der Waals surface area contributed by atoms with Crippen molar-refractivity contribution in [2.75, 3.05) is 19.5 Å². The van der Waals surface area contributed by atoms with Gasteiger partial charge in [-0.2, -0.15) is 0 Å². The van der Waals surface area contributed by atoms with E-state index in [1.807, 2.05) is 6.92 Å². The summed E-state index contributed by atoms with van der Waals surface area (Å²) in [6.45, 7) is -1.49. The Labute approximate surface area is 77.4 Å². The highest BCUT2D eigenvalue weighted by atomic mass is 19.4. The maximum atomic E-state index is 12.1. The Kier molecular flexibility index (Phi) is 3.65. The summed E-state index contributed by atoms with van der Waals surface area (Å²) in [6, 6.07) is 0. The smallest absolute Gasteiger partial charge is 0.448 e. The molecule has 1 aliphatic carbocycles. The molecule has 1 nitrogen and oxygen atoms in total. The molecule has 0 aromatic heterocycles. The average Bonchev–Trinajstić information content (AvgIpc) is 2.68. The van der Waals surface area contributed by atoms with Gasteiger partial charge in [0, 0.05) is 0 Å². The van der Waals surface area contributed by atoms with E-state index in [2.05, 4.69) is 0 Å². The molecule has 0 radical (unpaired) electrons. The maximum Gasteiger partial charge on any atom is 0.492 e. The SMILES string of the molecule is CCCN(CC1CC1)C[B-](F)(F)F. The number of halogens is 3. The minimum atomic E-state index is -4.64. The van der Waals surface area contributed by atoms with Crippen molar-refractivity contribution in [3.8, 4) is 0 Å². The van der Waals surface area contributed by atoms with Gasteiger partial charge in [-0.1, -0.05) is 6.92 Å². The lowest BCUT2D eigenvalue weighted by Crippen LogP contribution is -2.39. The van der Waals surface area contributed by atoms with E-state index in [9.17, 15) is 12.9 Å². The Morgan fingerprint density at radius 3 is 2.31 bits per heavy atom. The van der Waals surface area contributed by atoms with Crippen LogP contribution in [0, 0.1) is 5.92 Å². The summed E-state index contributed by atoms with van der Waals surface area (Å²) in [6.07, 6.45) is 2.36. The third-order valence-electron chi connectivity index (χ3n) is 2.22. The molecule has 1 aliphatic rings. The molecule has 0 amide bonds. The molecule has 1 rings (SSSR count). The van der Waals surface area contributed by atoms with Gasteiger partial charge in [-0.15, -0.1) is 0 Å². The van der Waals surface area contributed by atoms with Gasteiger partial charge >= 0.3 is 6.98 Å². The highest BCUT2D eigenvalue weighted by molar-refractivity contribution is 6.58. The van der Waals surface area contributed by atoms with E-state index in [1.54, 1.807) is 4.90 Å². The fraction of sp³-hybridized carbons (Fsp3) is 1.00. The Morgan fingerprint density at radius 1 is 1.31 bits per heavy atom. The lowest BCUT2D eigenvalue weighted by atomic mass is 9.91. The van der Waals surface area contributed by atoms with Crippen molar-refractivity contribution in [1.29, 1.82) is 0 Å². The molecule has 0 unspecified atom stereocenters. The fourth-order valence-electron chi connectivity index (χ4n) is 1.53. The summed E-state index contributed by atoms with van der Waals surface area (Å²) in [5.41, 5.74) is 0. The second-order valence-corrected chi connectivity index (χ2v) is 3.91. The number of hydrogen-bond donors (Lipinski definition) is 0. The number of nitrogens with zero attached hydrogens (tertiary/aromatic N) is 1. The second kappa shape index (κ2) is 4.35. The minimum Gasteiger partial charge on any atom is -0.448 e. The van der Waals surface area contributed by atoms with Crippen LogP contribution in [0.3, 0.4) is 0 Å². The molecule has 1 saturated carbocycles. The predicted octanol–water partition coefficient (Wildman–Crippen LogP) is 2.50. The standard InChI is InChI=1S/C8H16BF3N/c1-2-5-13(6-8-3-4-8)7-9(10,11)12/h8H,2-7H2,1H3/q-1. The molecule has 0 atom stereocenters. The molecule has 78 valence electrons. The summed E-state index contributed by atoms with van der Waals surface area (Å²) in [7, 11) is 0. The van der Waals surface area contributed by atoms with Crippen LogP contribution in [0.2, 0.25) is 0 Å². The first kappa shape index (κ1) is 10.9. The summed E-state index contributed by atoms with van der Waals surface area (Å²) in [5.74, 6) is 0.546. The van der Waals surface area contributed by atoms with Crippen LogP contribution in [0.15, 0.2) is 0 Å². The van der Waals surface area contributed by atoms with Crippen LogP contribution in [0.5, 0.6) is 0 Å². The molecule has 0 saturated heterocycles. The summed E-state index contributed by atoms with van der Waals surface area (Å²) in [4.78, 5) is 1.55. The fourth-order valence-corrected chi connectivity index (χ4v) is 1.53. The zero-order valence-corrected chi connectivity index (χ0v) is 7.98. The van der Waals surface area contributed by atoms with E-state index in [0.29, 0.717) is 19.0 Å². The molecule has 1 fully saturated rings. The highest BCUT2D eigenvalue weighted by Gasteiger charge is 2.30. The lowest BCUT2D eigenvalue weighted by molar-refractivity contribution is 0.269. The maximum absolute atomic E-state index is 12.1. The summed E-state index contributed by atoms with van der Waals surface area (Å²) >= 11 is 0. The normalized spacial score (nSPS) is 18.2. The minimum absolute atomic E-state index is 0.546. The Bertz CT molecular complexity index is 156. The third kappa shape index (κ3) is 5.19. The third-order valence-corrected chi connectivity index (χ3v) is 2.22. The molecular formula is C8H16BF3N-. The van der Waals surface area contributed by atoms with Crippen molar-refractivity contribution in [3.05, 3.63) is 0 Å². The van der Waals surface area contributed by atoms with Crippen LogP contribution >= 0.6 is 0 Å². The van der Waals surface area contributed by atoms with E-state index in [0.717, 1.165) is 19.3 Å². The van der Waals surface area contributed by atoms with Crippen molar-refractivity contribution < 1.29 is 12.9 Å². The molecule has 0 heterocycles. The Balaban J connectivity index is 2.27. The molecule has 13 heavy (non-hydrogen) atoms. The van der Waals surface area contributed by atoms with E-state index in [1.165, 1.54) is 0 Å². The average molecular weight is 194 g/mol. The van der Waals surface area contributed by atoms with Crippen LogP contribution < -0.4 is 0 Å². The number of rotatable bonds is 6. The molecular weight excluding hydrogens is 178 g/mol. The van der Waals surface area contributed by atoms with Crippen LogP contribution in [0.1, 0.15) is 26.2 Å². The second-order valence-electron chi connectivity index (χ2n) is 3.91. The molecule has 0 aliphatic heterocycles. The molecule has 0 N–H and O–H groups in total. The van der Waals surface area contributed by atoms with Crippen molar-refractivity contribution >= 4 is 6.98 Å². The topological polar surface area (TPSA) is 3.24 Å². The van der Waals surface area contributed by atoms with E-state index in [-0.39, 0.29) is 0 Å². The Hall–Kier alpha value is -0.185. The summed E-state index contributed by atoms with van der Waals surface area (Å²) in [5, 5.41) is 0. The lowest BCUT2D eigenvalue weighted by Gasteiger charge is -2.27. The van der Waals surface area contributed by atoms with Gasteiger partial charge in [-0.05, 0) is 44.7 Å². The highest BCUT2D eigenvalue weighted by Crippen LogP contribution is 2.30. The molecule has 5 heteroatoms. The predicted molar refractivity (Wildman–Crippen MR) is 48.5 cm³/mol. The number of hydrogen-bond acceptors (Lipinski definition) is 1. The zero-order valence-electron chi connectivity index (χ0n) is 7.98. The van der Waals surface area contributed by atoms with Gasteiger partial charge in [-0.25, -0.2) is 0 Å².